The molecule has 4 aliphatic rings. The highest BCUT2D eigenvalue weighted by atomic mass is 15.2. The molecule has 0 saturated carbocycles. The Labute approximate surface area is 294 Å². The van der Waals surface area contributed by atoms with Crippen molar-refractivity contribution in [2.24, 2.45) is 5.92 Å². The lowest BCUT2D eigenvalue weighted by atomic mass is 9.83. The van der Waals surface area contributed by atoms with E-state index in [-0.39, 0.29) is 0 Å². The van der Waals surface area contributed by atoms with Crippen LogP contribution >= 0.6 is 0 Å². The first kappa shape index (κ1) is 29.4. The van der Waals surface area contributed by atoms with Crippen molar-refractivity contribution in [2.75, 3.05) is 9.80 Å². The van der Waals surface area contributed by atoms with Crippen LogP contribution in [-0.2, 0) is 6.42 Å². The van der Waals surface area contributed by atoms with Crippen molar-refractivity contribution in [2.45, 2.75) is 51.0 Å². The molecule has 5 aromatic carbocycles. The van der Waals surface area contributed by atoms with Gasteiger partial charge in [0.05, 0.1) is 11.2 Å². The van der Waals surface area contributed by atoms with Gasteiger partial charge in [0.2, 0.25) is 0 Å². The second kappa shape index (κ2) is 11.8. The van der Waals surface area contributed by atoms with E-state index in [4.69, 9.17) is 0 Å². The van der Waals surface area contributed by atoms with Crippen molar-refractivity contribution < 1.29 is 0 Å². The van der Waals surface area contributed by atoms with Crippen LogP contribution in [-0.4, -0.2) is 10.6 Å². The van der Waals surface area contributed by atoms with Crippen molar-refractivity contribution >= 4 is 56.2 Å². The summed E-state index contributed by atoms with van der Waals surface area (Å²) in [4.78, 5) is 5.19. The Bertz CT molecular complexity index is 2400. The second-order valence-corrected chi connectivity index (χ2v) is 14.4. The third-order valence-electron chi connectivity index (χ3n) is 11.4. The normalized spacial score (nSPS) is 20.7. The zero-order chi connectivity index (χ0) is 33.2. The first-order chi connectivity index (χ1) is 24.7. The number of allylic oxidation sites excluding steroid dienone is 6. The molecule has 3 unspecified atom stereocenters. The highest BCUT2D eigenvalue weighted by Crippen LogP contribution is 2.52. The molecule has 1 aromatic heterocycles. The van der Waals surface area contributed by atoms with E-state index in [1.165, 1.54) is 72.6 Å². The number of rotatable bonds is 5. The van der Waals surface area contributed by atoms with Gasteiger partial charge in [0, 0.05) is 62.4 Å². The zero-order valence-corrected chi connectivity index (χ0v) is 28.5. The molecule has 10 rings (SSSR count). The molecule has 6 aromatic rings. The van der Waals surface area contributed by atoms with E-state index in [0.29, 0.717) is 17.9 Å². The lowest BCUT2D eigenvalue weighted by molar-refractivity contribution is 0.485. The summed E-state index contributed by atoms with van der Waals surface area (Å²) in [5.74, 6) is 0.921. The van der Waals surface area contributed by atoms with Crippen molar-refractivity contribution in [3.63, 3.8) is 0 Å². The molecule has 3 atom stereocenters. The topological polar surface area (TPSA) is 11.4 Å². The van der Waals surface area contributed by atoms with Gasteiger partial charge >= 0.3 is 0 Å². The molecule has 1 aliphatic heterocycles. The Morgan fingerprint density at radius 1 is 0.740 bits per heavy atom. The summed E-state index contributed by atoms with van der Waals surface area (Å²) >= 11 is 0. The van der Waals surface area contributed by atoms with Crippen LogP contribution in [0.1, 0.15) is 55.3 Å². The average Bonchev–Trinajstić information content (AvgIpc) is 3.67. The molecule has 3 aliphatic carbocycles. The van der Waals surface area contributed by atoms with E-state index in [1.807, 2.05) is 0 Å². The van der Waals surface area contributed by atoms with E-state index in [1.54, 1.807) is 0 Å². The lowest BCUT2D eigenvalue weighted by Gasteiger charge is -2.33. The van der Waals surface area contributed by atoms with E-state index in [2.05, 4.69) is 173 Å². The van der Waals surface area contributed by atoms with Crippen molar-refractivity contribution in [1.82, 2.24) is 4.57 Å². The Hall–Kier alpha value is -5.54. The molecule has 0 spiro atoms. The SMILES string of the molecule is CC1C=CC2c3cc(N(C4=Cc5c(n(C6=CCCC=C6)c6ccccc56)CC4)c4cccc5ccccc45)ccc3N(c3ccccc3)C2C1. The van der Waals surface area contributed by atoms with Gasteiger partial charge in [-0.2, -0.15) is 0 Å². The number of nitrogens with zero attached hydrogens (tertiary/aromatic N) is 3. The summed E-state index contributed by atoms with van der Waals surface area (Å²) in [6.45, 7) is 2.36. The predicted octanol–water partition coefficient (Wildman–Crippen LogP) is 12.3. The molecule has 0 saturated heterocycles. The first-order valence-corrected chi connectivity index (χ1v) is 18.4. The van der Waals surface area contributed by atoms with Crippen LogP contribution in [0.2, 0.25) is 0 Å². The molecule has 3 nitrogen and oxygen atoms in total. The van der Waals surface area contributed by atoms with E-state index >= 15 is 0 Å². The maximum absolute atomic E-state index is 2.61. The summed E-state index contributed by atoms with van der Waals surface area (Å²) in [6.07, 6.45) is 19.8. The maximum atomic E-state index is 2.61. The third kappa shape index (κ3) is 4.64. The number of aromatic nitrogens is 1. The Morgan fingerprint density at radius 3 is 2.44 bits per heavy atom. The van der Waals surface area contributed by atoms with Crippen molar-refractivity contribution in [1.29, 1.82) is 0 Å². The summed E-state index contributed by atoms with van der Waals surface area (Å²) in [5.41, 5.74) is 13.2. The number of fused-ring (bicyclic) bond motifs is 7. The molecule has 0 fully saturated rings. The van der Waals surface area contributed by atoms with Crippen LogP contribution < -0.4 is 9.80 Å². The fourth-order valence-electron chi connectivity index (χ4n) is 9.20. The van der Waals surface area contributed by atoms with Crippen LogP contribution in [0.25, 0.3) is 33.4 Å². The van der Waals surface area contributed by atoms with Crippen molar-refractivity contribution in [3.8, 4) is 0 Å². The minimum atomic E-state index is 0.359. The van der Waals surface area contributed by atoms with Gasteiger partial charge in [-0.1, -0.05) is 104 Å². The van der Waals surface area contributed by atoms with Gasteiger partial charge < -0.3 is 14.4 Å². The molecular formula is C47H41N3. The molecular weight excluding hydrogens is 607 g/mol. The summed E-state index contributed by atoms with van der Waals surface area (Å²) < 4.78 is 2.53. The number of hydrogen-bond acceptors (Lipinski definition) is 2. The van der Waals surface area contributed by atoms with Gasteiger partial charge in [-0.25, -0.2) is 0 Å². The molecule has 244 valence electrons. The molecule has 3 heteroatoms. The standard InChI is InChI=1S/C47H41N3/c1-32-23-26-40-42-31-37(25-28-46(42)50(47(40)29-32)35-17-6-3-7-18-35)48(43-22-12-14-33-13-8-9-19-38(33)43)36-24-27-45-41(30-36)39-20-10-11-21-44(39)49(45)34-15-4-2-5-16-34/h3-4,6-23,25-26,28,30-32,40,47H,2,5,24,27,29H2,1H3. The average molecular weight is 648 g/mol. The first-order valence-electron chi connectivity index (χ1n) is 18.4. The molecule has 0 amide bonds. The Morgan fingerprint density at radius 2 is 1.56 bits per heavy atom. The van der Waals surface area contributed by atoms with Crippen LogP contribution in [0, 0.1) is 5.92 Å². The highest BCUT2D eigenvalue weighted by Gasteiger charge is 2.40. The lowest BCUT2D eigenvalue weighted by Crippen LogP contribution is -2.33. The highest BCUT2D eigenvalue weighted by molar-refractivity contribution is 6.00. The quantitative estimate of drug-likeness (QED) is 0.173. The minimum absolute atomic E-state index is 0.359. The van der Waals surface area contributed by atoms with Gasteiger partial charge in [-0.3, -0.25) is 0 Å². The smallest absolute Gasteiger partial charge is 0.0537 e. The number of hydrogen-bond donors (Lipinski definition) is 0. The van der Waals surface area contributed by atoms with Crippen LogP contribution in [0.3, 0.4) is 0 Å². The minimum Gasteiger partial charge on any atom is -0.337 e. The van der Waals surface area contributed by atoms with Crippen molar-refractivity contribution in [3.05, 3.63) is 168 Å². The van der Waals surface area contributed by atoms with E-state index in [9.17, 15) is 0 Å². The monoisotopic (exact) mass is 647 g/mol. The van der Waals surface area contributed by atoms with Crippen LogP contribution in [0.4, 0.5) is 22.7 Å². The second-order valence-electron chi connectivity index (χ2n) is 14.4. The number of para-hydroxylation sites is 2. The van der Waals surface area contributed by atoms with Crippen LogP contribution in [0.15, 0.2) is 151 Å². The number of anilines is 4. The molecule has 50 heavy (non-hydrogen) atoms. The van der Waals surface area contributed by atoms with Gasteiger partial charge in [0.25, 0.3) is 0 Å². The zero-order valence-electron chi connectivity index (χ0n) is 28.5. The van der Waals surface area contributed by atoms with E-state index in [0.717, 1.165) is 32.1 Å². The van der Waals surface area contributed by atoms with E-state index < -0.39 is 0 Å². The molecule has 0 radical (unpaired) electrons. The van der Waals surface area contributed by atoms with Gasteiger partial charge in [-0.05, 0) is 104 Å². The Balaban J connectivity index is 1.17. The summed E-state index contributed by atoms with van der Waals surface area (Å²) in [7, 11) is 0. The third-order valence-corrected chi connectivity index (χ3v) is 11.4. The predicted molar refractivity (Wildman–Crippen MR) is 211 cm³/mol. The summed E-state index contributed by atoms with van der Waals surface area (Å²) in [6, 6.07) is 43.3. The fraction of sp³-hybridized carbons (Fsp3) is 0.191. The number of benzene rings is 5. The van der Waals surface area contributed by atoms with Gasteiger partial charge in [-0.15, -0.1) is 0 Å². The van der Waals surface area contributed by atoms with Crippen LogP contribution in [0.5, 0.6) is 0 Å². The fourth-order valence-corrected chi connectivity index (χ4v) is 9.20. The largest absolute Gasteiger partial charge is 0.337 e. The van der Waals surface area contributed by atoms with Gasteiger partial charge in [0.15, 0.2) is 0 Å². The van der Waals surface area contributed by atoms with Gasteiger partial charge in [0.1, 0.15) is 0 Å². The Kier molecular flexibility index (Phi) is 6.94. The molecule has 0 bridgehead atoms. The molecule has 0 N–H and O–H groups in total. The maximum Gasteiger partial charge on any atom is 0.0537 e. The summed E-state index contributed by atoms with van der Waals surface area (Å²) in [5, 5.41) is 3.87. The molecule has 2 heterocycles.